The monoisotopic (exact) mass is 443 g/mol. The Kier molecular flexibility index (Phi) is 5.35. The van der Waals surface area contributed by atoms with Crippen LogP contribution < -0.4 is 19.5 Å². The lowest BCUT2D eigenvalue weighted by atomic mass is 10.1. The highest BCUT2D eigenvalue weighted by Crippen LogP contribution is 2.32. The molecule has 1 aliphatic heterocycles. The summed E-state index contributed by atoms with van der Waals surface area (Å²) < 4.78 is 18.4. The summed E-state index contributed by atoms with van der Waals surface area (Å²) in [5.41, 5.74) is 1.52. The van der Waals surface area contributed by atoms with E-state index in [0.717, 1.165) is 11.4 Å². The van der Waals surface area contributed by atoms with Gasteiger partial charge in [-0.3, -0.25) is 9.36 Å². The van der Waals surface area contributed by atoms with Gasteiger partial charge < -0.3 is 19.5 Å². The van der Waals surface area contributed by atoms with Crippen LogP contribution in [0.2, 0.25) is 0 Å². The number of hydrogen-bond donors (Lipinski definition) is 1. The molecule has 166 valence electrons. The maximum atomic E-state index is 12.4. The molecule has 1 N–H and O–H groups in total. The van der Waals surface area contributed by atoms with Crippen LogP contribution in [0.15, 0.2) is 60.9 Å². The molecule has 0 unspecified atom stereocenters. The number of anilines is 1. The Morgan fingerprint density at radius 3 is 2.67 bits per heavy atom. The van der Waals surface area contributed by atoms with E-state index in [1.807, 2.05) is 35.9 Å². The number of nitrogens with one attached hydrogen (secondary N) is 1. The van der Waals surface area contributed by atoms with Crippen molar-refractivity contribution in [1.82, 2.24) is 19.5 Å². The predicted molar refractivity (Wildman–Crippen MR) is 120 cm³/mol. The summed E-state index contributed by atoms with van der Waals surface area (Å²) >= 11 is 0. The number of ether oxygens (including phenoxy) is 3. The third-order valence-corrected chi connectivity index (χ3v) is 5.04. The predicted octanol–water partition coefficient (Wildman–Crippen LogP) is 3.98. The number of nitrogens with zero attached hydrogens (tertiary/aromatic N) is 4. The van der Waals surface area contributed by atoms with Crippen LogP contribution in [-0.2, 0) is 11.2 Å². The van der Waals surface area contributed by atoms with E-state index < -0.39 is 0 Å². The van der Waals surface area contributed by atoms with Crippen LogP contribution in [0.1, 0.15) is 17.2 Å². The van der Waals surface area contributed by atoms with Crippen LogP contribution in [0.25, 0.3) is 5.82 Å². The van der Waals surface area contributed by atoms with E-state index in [9.17, 15) is 4.79 Å². The Labute approximate surface area is 190 Å². The largest absolute Gasteiger partial charge is 0.454 e. The first-order valence-electron chi connectivity index (χ1n) is 10.4. The number of benzene rings is 2. The number of rotatable bonds is 6. The topological polar surface area (TPSA) is 100 Å². The molecular formula is C24H21N5O4. The van der Waals surface area contributed by atoms with Gasteiger partial charge in [0, 0.05) is 24.1 Å². The van der Waals surface area contributed by atoms with E-state index in [2.05, 4.69) is 20.3 Å². The molecule has 2 aromatic carbocycles. The number of amides is 1. The third-order valence-electron chi connectivity index (χ3n) is 5.04. The van der Waals surface area contributed by atoms with Gasteiger partial charge in [-0.05, 0) is 55.8 Å². The molecule has 0 atom stereocenters. The fraction of sp³-hybridized carbons (Fsp3) is 0.167. The standard InChI is InChI=1S/C24H21N5O4/c1-15-26-22(29-10-9-25-16(29)2)13-24(27-15)33-19-6-4-18(5-7-19)28-23(30)12-17-3-8-20-21(11-17)32-14-31-20/h3-11,13H,12,14H2,1-2H3,(H,28,30). The van der Waals surface area contributed by atoms with E-state index in [1.165, 1.54) is 0 Å². The van der Waals surface area contributed by atoms with Crippen molar-refractivity contribution >= 4 is 11.6 Å². The molecule has 0 fully saturated rings. The zero-order chi connectivity index (χ0) is 22.8. The van der Waals surface area contributed by atoms with Crippen LogP contribution in [0.5, 0.6) is 23.1 Å². The molecule has 0 saturated heterocycles. The van der Waals surface area contributed by atoms with Crippen molar-refractivity contribution in [3.05, 3.63) is 78.1 Å². The summed E-state index contributed by atoms with van der Waals surface area (Å²) in [7, 11) is 0. The number of carbonyl (C=O) groups is 1. The molecule has 0 spiro atoms. The number of aromatic nitrogens is 4. The van der Waals surface area contributed by atoms with Gasteiger partial charge in [-0.1, -0.05) is 6.07 Å². The Morgan fingerprint density at radius 1 is 1.06 bits per heavy atom. The number of fused-ring (bicyclic) bond motifs is 1. The van der Waals surface area contributed by atoms with Gasteiger partial charge in [-0.15, -0.1) is 0 Å². The van der Waals surface area contributed by atoms with Gasteiger partial charge in [0.15, 0.2) is 11.5 Å². The van der Waals surface area contributed by atoms with Crippen LogP contribution >= 0.6 is 0 Å². The Hall–Kier alpha value is -4.40. The van der Waals surface area contributed by atoms with E-state index in [4.69, 9.17) is 14.2 Å². The first-order chi connectivity index (χ1) is 16.0. The molecule has 0 aliphatic carbocycles. The molecule has 2 aromatic heterocycles. The van der Waals surface area contributed by atoms with Crippen molar-refractivity contribution in [2.24, 2.45) is 0 Å². The lowest BCUT2D eigenvalue weighted by molar-refractivity contribution is -0.115. The second-order valence-corrected chi connectivity index (χ2v) is 7.50. The average Bonchev–Trinajstić information content (AvgIpc) is 3.43. The molecule has 5 rings (SSSR count). The molecule has 9 nitrogen and oxygen atoms in total. The fourth-order valence-corrected chi connectivity index (χ4v) is 3.49. The highest BCUT2D eigenvalue weighted by atomic mass is 16.7. The van der Waals surface area contributed by atoms with Gasteiger partial charge in [0.25, 0.3) is 0 Å². The van der Waals surface area contributed by atoms with Gasteiger partial charge in [-0.25, -0.2) is 9.97 Å². The van der Waals surface area contributed by atoms with E-state index in [-0.39, 0.29) is 19.1 Å². The third kappa shape index (κ3) is 4.62. The maximum absolute atomic E-state index is 12.4. The Morgan fingerprint density at radius 2 is 1.88 bits per heavy atom. The van der Waals surface area contributed by atoms with Gasteiger partial charge in [0.2, 0.25) is 18.6 Å². The van der Waals surface area contributed by atoms with Crippen LogP contribution in [0.3, 0.4) is 0 Å². The summed E-state index contributed by atoms with van der Waals surface area (Å²) in [6, 6.07) is 14.3. The second-order valence-electron chi connectivity index (χ2n) is 7.50. The quantitative estimate of drug-likeness (QED) is 0.481. The lowest BCUT2D eigenvalue weighted by Crippen LogP contribution is -2.14. The lowest BCUT2D eigenvalue weighted by Gasteiger charge is -2.10. The molecule has 0 saturated carbocycles. The minimum absolute atomic E-state index is 0.130. The highest BCUT2D eigenvalue weighted by Gasteiger charge is 2.15. The van der Waals surface area contributed by atoms with Crippen LogP contribution in [-0.4, -0.2) is 32.2 Å². The molecular weight excluding hydrogens is 422 g/mol. The number of aryl methyl sites for hydroxylation is 2. The number of carbonyl (C=O) groups excluding carboxylic acids is 1. The summed E-state index contributed by atoms with van der Waals surface area (Å²) in [6.07, 6.45) is 3.78. The van der Waals surface area contributed by atoms with Crippen molar-refractivity contribution in [3.8, 4) is 28.9 Å². The smallest absolute Gasteiger partial charge is 0.231 e. The molecule has 1 amide bonds. The van der Waals surface area contributed by atoms with Crippen molar-refractivity contribution in [2.45, 2.75) is 20.3 Å². The first kappa shape index (κ1) is 20.5. The van der Waals surface area contributed by atoms with Gasteiger partial charge in [0.1, 0.15) is 23.2 Å². The second kappa shape index (κ2) is 8.62. The Bertz CT molecular complexity index is 1320. The maximum Gasteiger partial charge on any atom is 0.231 e. The van der Waals surface area contributed by atoms with Crippen molar-refractivity contribution in [3.63, 3.8) is 0 Å². The minimum atomic E-state index is -0.130. The van der Waals surface area contributed by atoms with Crippen molar-refractivity contribution < 1.29 is 19.0 Å². The zero-order valence-corrected chi connectivity index (χ0v) is 18.1. The van der Waals surface area contributed by atoms with Crippen molar-refractivity contribution in [2.75, 3.05) is 12.1 Å². The summed E-state index contributed by atoms with van der Waals surface area (Å²) in [6.45, 7) is 3.91. The molecule has 33 heavy (non-hydrogen) atoms. The molecule has 4 aromatic rings. The van der Waals surface area contributed by atoms with E-state index in [0.29, 0.717) is 40.5 Å². The molecule has 9 heteroatoms. The molecule has 3 heterocycles. The number of imidazole rings is 1. The SMILES string of the molecule is Cc1nc(Oc2ccc(NC(=O)Cc3ccc4c(c3)OCO4)cc2)cc(-n2ccnc2C)n1. The van der Waals surface area contributed by atoms with Gasteiger partial charge >= 0.3 is 0 Å². The van der Waals surface area contributed by atoms with Gasteiger partial charge in [0.05, 0.1) is 6.42 Å². The summed E-state index contributed by atoms with van der Waals surface area (Å²) in [4.78, 5) is 25.5. The number of hydrogen-bond acceptors (Lipinski definition) is 7. The molecule has 1 aliphatic rings. The zero-order valence-electron chi connectivity index (χ0n) is 18.1. The molecule has 0 radical (unpaired) electrons. The normalized spacial score (nSPS) is 11.9. The van der Waals surface area contributed by atoms with E-state index >= 15 is 0 Å². The van der Waals surface area contributed by atoms with Crippen molar-refractivity contribution in [1.29, 1.82) is 0 Å². The van der Waals surface area contributed by atoms with Crippen LogP contribution in [0.4, 0.5) is 5.69 Å². The first-order valence-corrected chi connectivity index (χ1v) is 10.4. The van der Waals surface area contributed by atoms with E-state index in [1.54, 1.807) is 43.5 Å². The minimum Gasteiger partial charge on any atom is -0.454 e. The Balaban J connectivity index is 1.23. The summed E-state index contributed by atoms with van der Waals surface area (Å²) in [5, 5.41) is 2.89. The van der Waals surface area contributed by atoms with Gasteiger partial charge in [-0.2, -0.15) is 4.98 Å². The fourth-order valence-electron chi connectivity index (χ4n) is 3.49. The average molecular weight is 443 g/mol. The summed E-state index contributed by atoms with van der Waals surface area (Å²) in [5.74, 6) is 4.33. The highest BCUT2D eigenvalue weighted by molar-refractivity contribution is 5.92. The van der Waals surface area contributed by atoms with Crippen LogP contribution in [0, 0.1) is 13.8 Å². The molecule has 0 bridgehead atoms.